The molecular formula is C13H11F3N2O2S. The summed E-state index contributed by atoms with van der Waals surface area (Å²) in [5.41, 5.74) is 0.582. The van der Waals surface area contributed by atoms with Crippen molar-refractivity contribution < 1.29 is 21.6 Å². The van der Waals surface area contributed by atoms with Crippen molar-refractivity contribution in [3.8, 4) is 11.1 Å². The molecule has 2 rings (SSSR count). The first-order valence-electron chi connectivity index (χ1n) is 5.73. The van der Waals surface area contributed by atoms with Gasteiger partial charge in [0.05, 0.1) is 11.3 Å². The van der Waals surface area contributed by atoms with Crippen molar-refractivity contribution in [1.82, 2.24) is 0 Å². The Labute approximate surface area is 119 Å². The van der Waals surface area contributed by atoms with Crippen LogP contribution >= 0.6 is 0 Å². The van der Waals surface area contributed by atoms with Crippen LogP contribution in [0.5, 0.6) is 0 Å². The van der Waals surface area contributed by atoms with Crippen molar-refractivity contribution in [3.63, 3.8) is 0 Å². The van der Waals surface area contributed by atoms with Crippen LogP contribution in [0.1, 0.15) is 5.56 Å². The molecule has 0 heterocycles. The molecule has 0 aromatic heterocycles. The summed E-state index contributed by atoms with van der Waals surface area (Å²) in [6.45, 7) is 0. The van der Waals surface area contributed by atoms with Crippen LogP contribution in [0.3, 0.4) is 0 Å². The Balaban J connectivity index is 2.32. The fraction of sp³-hybridized carbons (Fsp3) is 0.0769. The van der Waals surface area contributed by atoms with Crippen molar-refractivity contribution in [1.29, 1.82) is 0 Å². The van der Waals surface area contributed by atoms with Crippen molar-refractivity contribution in [2.45, 2.75) is 6.18 Å². The van der Waals surface area contributed by atoms with E-state index in [0.29, 0.717) is 11.1 Å². The van der Waals surface area contributed by atoms with Crippen LogP contribution in [-0.4, -0.2) is 8.42 Å². The summed E-state index contributed by atoms with van der Waals surface area (Å²) in [6.07, 6.45) is -4.39. The average molecular weight is 316 g/mol. The van der Waals surface area contributed by atoms with E-state index in [9.17, 15) is 21.6 Å². The normalized spacial score (nSPS) is 12.2. The Kier molecular flexibility index (Phi) is 3.93. The van der Waals surface area contributed by atoms with Gasteiger partial charge in [0, 0.05) is 0 Å². The molecule has 21 heavy (non-hydrogen) atoms. The summed E-state index contributed by atoms with van der Waals surface area (Å²) in [5, 5.41) is 4.86. The molecule has 0 saturated heterocycles. The van der Waals surface area contributed by atoms with Crippen LogP contribution in [0.15, 0.2) is 48.5 Å². The molecule has 2 aromatic rings. The Bertz CT molecular complexity index is 741. The van der Waals surface area contributed by atoms with Crippen molar-refractivity contribution in [2.24, 2.45) is 5.14 Å². The maximum absolute atomic E-state index is 12.5. The maximum Gasteiger partial charge on any atom is 0.416 e. The molecule has 0 fully saturated rings. The number of hydrogen-bond acceptors (Lipinski definition) is 2. The van der Waals surface area contributed by atoms with E-state index in [1.807, 2.05) is 0 Å². The van der Waals surface area contributed by atoms with Gasteiger partial charge in [0.15, 0.2) is 0 Å². The summed E-state index contributed by atoms with van der Waals surface area (Å²) in [5.74, 6) is 0. The molecule has 0 bridgehead atoms. The van der Waals surface area contributed by atoms with Gasteiger partial charge in [-0.2, -0.15) is 21.6 Å². The average Bonchev–Trinajstić information content (AvgIpc) is 2.36. The smallest absolute Gasteiger partial charge is 0.271 e. The van der Waals surface area contributed by atoms with Crippen LogP contribution < -0.4 is 9.86 Å². The van der Waals surface area contributed by atoms with Crippen LogP contribution in [0.4, 0.5) is 18.9 Å². The zero-order valence-electron chi connectivity index (χ0n) is 10.6. The minimum atomic E-state index is -4.39. The molecule has 0 aliphatic rings. The third-order valence-corrected chi connectivity index (χ3v) is 3.19. The monoisotopic (exact) mass is 316 g/mol. The Hall–Kier alpha value is -2.06. The van der Waals surface area contributed by atoms with Gasteiger partial charge >= 0.3 is 6.18 Å². The number of nitrogens with one attached hydrogen (secondary N) is 1. The summed E-state index contributed by atoms with van der Waals surface area (Å²) in [4.78, 5) is 0. The van der Waals surface area contributed by atoms with E-state index in [1.165, 1.54) is 24.3 Å². The SMILES string of the molecule is NS(=O)(=O)Nc1cccc(-c2ccc(C(F)(F)F)cc2)c1. The van der Waals surface area contributed by atoms with E-state index in [-0.39, 0.29) is 5.69 Å². The molecule has 0 aliphatic carbocycles. The van der Waals surface area contributed by atoms with E-state index in [2.05, 4.69) is 4.72 Å². The molecule has 0 radical (unpaired) electrons. The molecule has 8 heteroatoms. The molecule has 0 atom stereocenters. The minimum absolute atomic E-state index is 0.231. The van der Waals surface area contributed by atoms with Crippen LogP contribution in [-0.2, 0) is 16.4 Å². The van der Waals surface area contributed by atoms with Gasteiger partial charge in [0.1, 0.15) is 0 Å². The van der Waals surface area contributed by atoms with Crippen LogP contribution in [0.25, 0.3) is 11.1 Å². The fourth-order valence-corrected chi connectivity index (χ4v) is 2.23. The molecule has 0 saturated carbocycles. The lowest BCUT2D eigenvalue weighted by molar-refractivity contribution is -0.137. The van der Waals surface area contributed by atoms with Crippen LogP contribution in [0.2, 0.25) is 0 Å². The summed E-state index contributed by atoms with van der Waals surface area (Å²) < 4.78 is 61.4. The zero-order valence-corrected chi connectivity index (χ0v) is 11.4. The number of halogens is 3. The lowest BCUT2D eigenvalue weighted by atomic mass is 10.0. The number of hydrogen-bond donors (Lipinski definition) is 2. The highest BCUT2D eigenvalue weighted by Gasteiger charge is 2.29. The lowest BCUT2D eigenvalue weighted by Gasteiger charge is -2.09. The third kappa shape index (κ3) is 4.20. The van der Waals surface area contributed by atoms with Gasteiger partial charge in [-0.25, -0.2) is 5.14 Å². The number of benzene rings is 2. The predicted molar refractivity (Wildman–Crippen MR) is 73.6 cm³/mol. The van der Waals surface area contributed by atoms with E-state index in [1.54, 1.807) is 12.1 Å². The Morgan fingerprint density at radius 1 is 0.952 bits per heavy atom. The van der Waals surface area contributed by atoms with Gasteiger partial charge in [-0.1, -0.05) is 24.3 Å². The topological polar surface area (TPSA) is 72.2 Å². The highest BCUT2D eigenvalue weighted by molar-refractivity contribution is 7.90. The number of anilines is 1. The van der Waals surface area contributed by atoms with Gasteiger partial charge in [0.25, 0.3) is 10.2 Å². The molecule has 3 N–H and O–H groups in total. The largest absolute Gasteiger partial charge is 0.416 e. The van der Waals surface area contributed by atoms with Crippen molar-refractivity contribution in [3.05, 3.63) is 54.1 Å². The van der Waals surface area contributed by atoms with E-state index in [4.69, 9.17) is 5.14 Å². The lowest BCUT2D eigenvalue weighted by Crippen LogP contribution is -2.21. The first kappa shape index (κ1) is 15.3. The standard InChI is InChI=1S/C13H11F3N2O2S/c14-13(15,16)11-6-4-9(5-7-11)10-2-1-3-12(8-10)18-21(17,19)20/h1-8,18H,(H2,17,19,20). The fourth-order valence-electron chi connectivity index (χ4n) is 1.78. The molecule has 0 aliphatic heterocycles. The number of nitrogens with two attached hydrogens (primary N) is 1. The van der Waals surface area contributed by atoms with Gasteiger partial charge in [-0.15, -0.1) is 0 Å². The Morgan fingerprint density at radius 3 is 2.10 bits per heavy atom. The highest BCUT2D eigenvalue weighted by atomic mass is 32.2. The molecule has 2 aromatic carbocycles. The first-order valence-corrected chi connectivity index (χ1v) is 7.28. The molecule has 0 amide bonds. The van der Waals surface area contributed by atoms with Crippen molar-refractivity contribution in [2.75, 3.05) is 4.72 Å². The van der Waals surface area contributed by atoms with Gasteiger partial charge in [-0.3, -0.25) is 4.72 Å². The minimum Gasteiger partial charge on any atom is -0.271 e. The first-order chi connectivity index (χ1) is 9.65. The van der Waals surface area contributed by atoms with E-state index in [0.717, 1.165) is 12.1 Å². The molecule has 0 unspecified atom stereocenters. The van der Waals surface area contributed by atoms with Gasteiger partial charge < -0.3 is 0 Å². The van der Waals surface area contributed by atoms with Crippen LogP contribution in [0, 0.1) is 0 Å². The molecule has 112 valence electrons. The Morgan fingerprint density at radius 2 is 1.57 bits per heavy atom. The summed E-state index contributed by atoms with van der Waals surface area (Å²) in [6, 6.07) is 10.8. The predicted octanol–water partition coefficient (Wildman–Crippen LogP) is 2.99. The molecular weight excluding hydrogens is 305 g/mol. The number of alkyl halides is 3. The number of rotatable bonds is 3. The zero-order chi connectivity index (χ0) is 15.7. The van der Waals surface area contributed by atoms with E-state index < -0.39 is 21.9 Å². The highest BCUT2D eigenvalue weighted by Crippen LogP contribution is 2.31. The maximum atomic E-state index is 12.5. The van der Waals surface area contributed by atoms with Crippen molar-refractivity contribution >= 4 is 15.9 Å². The second-order valence-corrected chi connectivity index (χ2v) is 5.60. The molecule has 4 nitrogen and oxygen atoms in total. The quantitative estimate of drug-likeness (QED) is 0.913. The second-order valence-electron chi connectivity index (χ2n) is 4.30. The summed E-state index contributed by atoms with van der Waals surface area (Å²) >= 11 is 0. The summed E-state index contributed by atoms with van der Waals surface area (Å²) in [7, 11) is -3.90. The third-order valence-electron chi connectivity index (χ3n) is 2.67. The van der Waals surface area contributed by atoms with Gasteiger partial charge in [-0.05, 0) is 35.4 Å². The molecule has 0 spiro atoms. The van der Waals surface area contributed by atoms with Gasteiger partial charge in [0.2, 0.25) is 0 Å². The van der Waals surface area contributed by atoms with E-state index >= 15 is 0 Å². The second kappa shape index (κ2) is 5.38.